The molecular formula is C34H36N2O4. The van der Waals surface area contributed by atoms with Gasteiger partial charge in [-0.3, -0.25) is 9.59 Å². The highest BCUT2D eigenvalue weighted by molar-refractivity contribution is 5.88. The van der Waals surface area contributed by atoms with Crippen molar-refractivity contribution in [2.75, 3.05) is 20.8 Å². The van der Waals surface area contributed by atoms with Gasteiger partial charge in [-0.15, -0.1) is 0 Å². The van der Waals surface area contributed by atoms with Crippen LogP contribution in [0.5, 0.6) is 11.5 Å². The van der Waals surface area contributed by atoms with Gasteiger partial charge in [0, 0.05) is 19.5 Å². The Balaban J connectivity index is 1.58. The molecule has 0 heterocycles. The fourth-order valence-electron chi connectivity index (χ4n) is 4.59. The van der Waals surface area contributed by atoms with Crippen LogP contribution in [0.25, 0.3) is 0 Å². The highest BCUT2D eigenvalue weighted by atomic mass is 16.5. The Labute approximate surface area is 236 Å². The van der Waals surface area contributed by atoms with Gasteiger partial charge in [0.15, 0.2) is 0 Å². The number of methoxy groups -OCH3 is 2. The van der Waals surface area contributed by atoms with Crippen LogP contribution < -0.4 is 14.8 Å². The maximum absolute atomic E-state index is 13.8. The van der Waals surface area contributed by atoms with Crippen molar-refractivity contribution >= 4 is 11.8 Å². The molecule has 1 atom stereocenters. The zero-order chi connectivity index (χ0) is 28.2. The molecule has 0 aliphatic heterocycles. The standard InChI is InChI=1S/C34H36N2O4/c1-39-30-17-13-26(14-18-30)21-22-35-34(38)32(23-27-9-5-3-6-10-27)36(25-29-15-19-31(40-2)20-16-29)33(37)24-28-11-7-4-8-12-28/h3-20,32H,21-25H2,1-2H3,(H,35,38)/t32-/m0/s1. The molecule has 1 N–H and O–H groups in total. The third-order valence-electron chi connectivity index (χ3n) is 6.85. The van der Waals surface area contributed by atoms with Crippen molar-refractivity contribution < 1.29 is 19.1 Å². The van der Waals surface area contributed by atoms with E-state index in [1.807, 2.05) is 109 Å². The van der Waals surface area contributed by atoms with E-state index in [0.29, 0.717) is 25.9 Å². The van der Waals surface area contributed by atoms with Crippen LogP contribution in [0.15, 0.2) is 109 Å². The fourth-order valence-corrected chi connectivity index (χ4v) is 4.59. The van der Waals surface area contributed by atoms with Gasteiger partial charge in [-0.05, 0) is 52.9 Å². The molecule has 6 heteroatoms. The van der Waals surface area contributed by atoms with E-state index in [2.05, 4.69) is 5.32 Å². The summed E-state index contributed by atoms with van der Waals surface area (Å²) in [6.45, 7) is 0.763. The summed E-state index contributed by atoms with van der Waals surface area (Å²) >= 11 is 0. The van der Waals surface area contributed by atoms with Crippen molar-refractivity contribution in [1.82, 2.24) is 10.2 Å². The molecule has 0 aliphatic rings. The van der Waals surface area contributed by atoms with Gasteiger partial charge in [0.05, 0.1) is 20.6 Å². The Kier molecular flexibility index (Phi) is 10.3. The Morgan fingerprint density at radius 1 is 0.675 bits per heavy atom. The number of amides is 2. The molecule has 4 aromatic rings. The molecule has 0 aromatic heterocycles. The second kappa shape index (κ2) is 14.5. The van der Waals surface area contributed by atoms with E-state index in [-0.39, 0.29) is 18.2 Å². The Hall–Kier alpha value is -4.58. The molecule has 0 spiro atoms. The summed E-state index contributed by atoms with van der Waals surface area (Å²) < 4.78 is 10.5. The van der Waals surface area contributed by atoms with E-state index < -0.39 is 6.04 Å². The molecule has 0 bridgehead atoms. The predicted molar refractivity (Wildman–Crippen MR) is 157 cm³/mol. The topological polar surface area (TPSA) is 67.9 Å². The lowest BCUT2D eigenvalue weighted by molar-refractivity contribution is -0.140. The minimum absolute atomic E-state index is 0.103. The average molecular weight is 537 g/mol. The lowest BCUT2D eigenvalue weighted by Gasteiger charge is -2.32. The summed E-state index contributed by atoms with van der Waals surface area (Å²) in [7, 11) is 3.26. The van der Waals surface area contributed by atoms with E-state index in [1.165, 1.54) is 0 Å². The molecule has 4 rings (SSSR count). The van der Waals surface area contributed by atoms with Gasteiger partial charge in [0.25, 0.3) is 0 Å². The molecule has 40 heavy (non-hydrogen) atoms. The second-order valence-corrected chi connectivity index (χ2v) is 9.63. The molecule has 0 fully saturated rings. The first-order valence-electron chi connectivity index (χ1n) is 13.5. The van der Waals surface area contributed by atoms with Crippen molar-refractivity contribution in [3.63, 3.8) is 0 Å². The number of ether oxygens (including phenoxy) is 2. The Morgan fingerprint density at radius 2 is 1.20 bits per heavy atom. The van der Waals surface area contributed by atoms with Crippen LogP contribution in [-0.4, -0.2) is 43.5 Å². The largest absolute Gasteiger partial charge is 0.497 e. The van der Waals surface area contributed by atoms with Crippen molar-refractivity contribution in [2.45, 2.75) is 31.8 Å². The smallest absolute Gasteiger partial charge is 0.243 e. The molecule has 0 radical (unpaired) electrons. The first kappa shape index (κ1) is 28.4. The van der Waals surface area contributed by atoms with Gasteiger partial charge in [-0.1, -0.05) is 84.9 Å². The molecule has 0 saturated heterocycles. The average Bonchev–Trinajstić information content (AvgIpc) is 3.00. The third kappa shape index (κ3) is 8.21. The Bertz CT molecular complexity index is 1340. The number of rotatable bonds is 13. The van der Waals surface area contributed by atoms with Crippen LogP contribution in [0, 0.1) is 0 Å². The first-order valence-corrected chi connectivity index (χ1v) is 13.5. The minimum atomic E-state index is -0.684. The molecule has 4 aromatic carbocycles. The zero-order valence-electron chi connectivity index (χ0n) is 23.1. The van der Waals surface area contributed by atoms with Gasteiger partial charge >= 0.3 is 0 Å². The van der Waals surface area contributed by atoms with Gasteiger partial charge in [-0.2, -0.15) is 0 Å². The summed E-state index contributed by atoms with van der Waals surface area (Å²) in [4.78, 5) is 29.3. The van der Waals surface area contributed by atoms with Gasteiger partial charge in [-0.25, -0.2) is 0 Å². The Morgan fingerprint density at radius 3 is 1.75 bits per heavy atom. The maximum atomic E-state index is 13.8. The number of nitrogens with one attached hydrogen (secondary N) is 1. The van der Waals surface area contributed by atoms with E-state index in [9.17, 15) is 9.59 Å². The maximum Gasteiger partial charge on any atom is 0.243 e. The summed E-state index contributed by atoms with van der Waals surface area (Å²) in [5.41, 5.74) is 3.91. The summed E-state index contributed by atoms with van der Waals surface area (Å²) in [5.74, 6) is 1.25. The monoisotopic (exact) mass is 536 g/mol. The number of hydrogen-bond acceptors (Lipinski definition) is 4. The van der Waals surface area contributed by atoms with Crippen molar-refractivity contribution in [2.24, 2.45) is 0 Å². The third-order valence-corrected chi connectivity index (χ3v) is 6.85. The van der Waals surface area contributed by atoms with Crippen molar-refractivity contribution in [1.29, 1.82) is 0 Å². The van der Waals surface area contributed by atoms with Gasteiger partial charge in [0.1, 0.15) is 17.5 Å². The quantitative estimate of drug-likeness (QED) is 0.254. The normalized spacial score (nSPS) is 11.3. The number of hydrogen-bond donors (Lipinski definition) is 1. The molecule has 0 unspecified atom stereocenters. The first-order chi connectivity index (χ1) is 19.6. The van der Waals surface area contributed by atoms with Crippen LogP contribution in [0.4, 0.5) is 0 Å². The number of nitrogens with zero attached hydrogens (tertiary/aromatic N) is 1. The van der Waals surface area contributed by atoms with Gasteiger partial charge < -0.3 is 19.7 Å². The van der Waals surface area contributed by atoms with Crippen LogP contribution in [-0.2, 0) is 35.4 Å². The lowest BCUT2D eigenvalue weighted by atomic mass is 10.0. The molecule has 6 nitrogen and oxygen atoms in total. The second-order valence-electron chi connectivity index (χ2n) is 9.63. The lowest BCUT2D eigenvalue weighted by Crippen LogP contribution is -2.51. The zero-order valence-corrected chi connectivity index (χ0v) is 23.1. The number of carbonyl (C=O) groups is 2. The summed E-state index contributed by atoms with van der Waals surface area (Å²) in [6, 6.07) is 34.2. The van der Waals surface area contributed by atoms with Crippen LogP contribution in [0.2, 0.25) is 0 Å². The highest BCUT2D eigenvalue weighted by Crippen LogP contribution is 2.19. The number of benzene rings is 4. The van der Waals surface area contributed by atoms with E-state index in [0.717, 1.165) is 33.8 Å². The highest BCUT2D eigenvalue weighted by Gasteiger charge is 2.30. The van der Waals surface area contributed by atoms with Crippen molar-refractivity contribution in [3.8, 4) is 11.5 Å². The SMILES string of the molecule is COc1ccc(CCNC(=O)[C@H](Cc2ccccc2)N(Cc2ccc(OC)cc2)C(=O)Cc2ccccc2)cc1. The summed E-state index contributed by atoms with van der Waals surface area (Å²) in [6.07, 6.45) is 1.29. The predicted octanol–water partition coefficient (Wildman–Crippen LogP) is 5.25. The molecule has 0 saturated carbocycles. The molecule has 206 valence electrons. The van der Waals surface area contributed by atoms with E-state index >= 15 is 0 Å². The van der Waals surface area contributed by atoms with Crippen molar-refractivity contribution in [3.05, 3.63) is 131 Å². The van der Waals surface area contributed by atoms with E-state index in [1.54, 1.807) is 19.1 Å². The molecule has 0 aliphatic carbocycles. The van der Waals surface area contributed by atoms with Crippen LogP contribution in [0.1, 0.15) is 22.3 Å². The molecular weight excluding hydrogens is 500 g/mol. The van der Waals surface area contributed by atoms with E-state index in [4.69, 9.17) is 9.47 Å². The summed E-state index contributed by atoms with van der Waals surface area (Å²) in [5, 5.41) is 3.10. The minimum Gasteiger partial charge on any atom is -0.497 e. The fraction of sp³-hybridized carbons (Fsp3) is 0.235. The van der Waals surface area contributed by atoms with Crippen LogP contribution in [0.3, 0.4) is 0 Å². The number of carbonyl (C=O) groups excluding carboxylic acids is 2. The van der Waals surface area contributed by atoms with Crippen LogP contribution >= 0.6 is 0 Å². The molecule has 2 amide bonds. The van der Waals surface area contributed by atoms with Gasteiger partial charge in [0.2, 0.25) is 11.8 Å².